The van der Waals surface area contributed by atoms with Gasteiger partial charge in [0.25, 0.3) is 0 Å². The Hall–Kier alpha value is -2.41. The van der Waals surface area contributed by atoms with E-state index in [4.69, 9.17) is 9.15 Å². The Kier molecular flexibility index (Phi) is 4.65. The van der Waals surface area contributed by atoms with Crippen molar-refractivity contribution >= 4 is 11.0 Å². The van der Waals surface area contributed by atoms with E-state index in [1.54, 1.807) is 24.3 Å². The van der Waals surface area contributed by atoms with Crippen LogP contribution in [-0.4, -0.2) is 41.0 Å². The molecule has 1 N–H and O–H groups in total. The normalized spacial score (nSPS) is 21.5. The summed E-state index contributed by atoms with van der Waals surface area (Å²) in [6.07, 6.45) is 1.93. The molecule has 1 unspecified atom stereocenters. The van der Waals surface area contributed by atoms with Gasteiger partial charge in [-0.25, -0.2) is 0 Å². The van der Waals surface area contributed by atoms with Crippen LogP contribution in [0.2, 0.25) is 0 Å². The fourth-order valence-corrected chi connectivity index (χ4v) is 4.04. The smallest absolute Gasteiger partial charge is 0.412 e. The van der Waals surface area contributed by atoms with Crippen molar-refractivity contribution in [1.82, 2.24) is 4.90 Å². The lowest BCUT2D eigenvalue weighted by atomic mass is 9.74. The first-order valence-corrected chi connectivity index (χ1v) is 9.29. The second kappa shape index (κ2) is 6.88. The number of benzene rings is 1. The maximum atomic E-state index is 13.9. The summed E-state index contributed by atoms with van der Waals surface area (Å²) in [5.41, 5.74) is -0.0132. The van der Waals surface area contributed by atoms with Crippen LogP contribution in [0, 0.1) is 6.92 Å². The molecule has 28 heavy (non-hydrogen) atoms. The largest absolute Gasteiger partial charge is 0.489 e. The van der Waals surface area contributed by atoms with Gasteiger partial charge >= 0.3 is 6.18 Å². The summed E-state index contributed by atoms with van der Waals surface area (Å²) in [5.74, 6) is 1.24. The van der Waals surface area contributed by atoms with Crippen LogP contribution in [0.4, 0.5) is 13.2 Å². The molecular weight excluding hydrogens is 371 g/mol. The third kappa shape index (κ3) is 3.28. The minimum absolute atomic E-state index is 0.123. The molecule has 1 aliphatic carbocycles. The van der Waals surface area contributed by atoms with Gasteiger partial charge in [0, 0.05) is 11.6 Å². The maximum Gasteiger partial charge on any atom is 0.412 e. The van der Waals surface area contributed by atoms with E-state index >= 15 is 0 Å². The highest BCUT2D eigenvalue weighted by Gasteiger charge is 2.54. The fourth-order valence-electron chi connectivity index (χ4n) is 4.04. The summed E-state index contributed by atoms with van der Waals surface area (Å²) in [6, 6.07) is 5.24. The van der Waals surface area contributed by atoms with Gasteiger partial charge < -0.3 is 19.2 Å². The molecule has 1 saturated carbocycles. The Morgan fingerprint density at radius 2 is 2.07 bits per heavy atom. The number of nitrogens with zero attached hydrogens (tertiary/aromatic N) is 1. The van der Waals surface area contributed by atoms with Crippen molar-refractivity contribution in [2.45, 2.75) is 43.9 Å². The fraction of sp³-hybridized carbons (Fsp3) is 0.429. The summed E-state index contributed by atoms with van der Waals surface area (Å²) >= 11 is 0. The predicted molar refractivity (Wildman–Crippen MR) is 99.0 cm³/mol. The van der Waals surface area contributed by atoms with Crippen molar-refractivity contribution in [3.63, 3.8) is 0 Å². The van der Waals surface area contributed by atoms with Crippen LogP contribution in [0.1, 0.15) is 25.0 Å². The molecule has 1 aromatic carbocycles. The van der Waals surface area contributed by atoms with Crippen molar-refractivity contribution in [1.29, 1.82) is 0 Å². The van der Waals surface area contributed by atoms with Crippen molar-refractivity contribution < 1.29 is 27.4 Å². The number of hydrogen-bond acceptors (Lipinski definition) is 4. The Bertz CT molecular complexity index is 919. The summed E-state index contributed by atoms with van der Waals surface area (Å²) < 4.78 is 53.0. The number of hydrogen-bond donors (Lipinski definition) is 1. The SMILES string of the molecule is Cc1cc2cc(OCC3=CC=CN(C4(CO)CCC4)C3C(F)(F)F)ccc2o1. The van der Waals surface area contributed by atoms with E-state index in [0.717, 1.165) is 17.6 Å². The molecule has 2 heterocycles. The average molecular weight is 393 g/mol. The Balaban J connectivity index is 1.56. The topological polar surface area (TPSA) is 45.8 Å². The molecular formula is C21H22F3NO3. The molecule has 2 aromatic rings. The highest BCUT2D eigenvalue weighted by atomic mass is 19.4. The molecule has 7 heteroatoms. The maximum absolute atomic E-state index is 13.9. The molecule has 1 aromatic heterocycles. The molecule has 1 atom stereocenters. The highest BCUT2D eigenvalue weighted by molar-refractivity contribution is 5.79. The molecule has 0 saturated heterocycles. The summed E-state index contributed by atoms with van der Waals surface area (Å²) in [4.78, 5) is 1.28. The number of alkyl halides is 3. The molecule has 0 amide bonds. The van der Waals surface area contributed by atoms with Gasteiger partial charge in [-0.15, -0.1) is 0 Å². The molecule has 4 rings (SSSR count). The highest BCUT2D eigenvalue weighted by Crippen LogP contribution is 2.45. The van der Waals surface area contributed by atoms with Gasteiger partial charge in [0.1, 0.15) is 23.7 Å². The Morgan fingerprint density at radius 1 is 1.29 bits per heavy atom. The van der Waals surface area contributed by atoms with Crippen LogP contribution >= 0.6 is 0 Å². The van der Waals surface area contributed by atoms with E-state index in [-0.39, 0.29) is 18.8 Å². The van der Waals surface area contributed by atoms with Crippen LogP contribution in [0.25, 0.3) is 11.0 Å². The average Bonchev–Trinajstić information content (AvgIpc) is 2.98. The monoisotopic (exact) mass is 393 g/mol. The number of ether oxygens (including phenoxy) is 1. The lowest BCUT2D eigenvalue weighted by molar-refractivity contribution is -0.191. The number of aryl methyl sites for hydroxylation is 1. The van der Waals surface area contributed by atoms with Crippen LogP contribution in [0.15, 0.2) is 52.6 Å². The van der Waals surface area contributed by atoms with E-state index < -0.39 is 17.8 Å². The number of aliphatic hydroxyl groups excluding tert-OH is 1. The lowest BCUT2D eigenvalue weighted by Gasteiger charge is -2.53. The van der Waals surface area contributed by atoms with Gasteiger partial charge in [-0.2, -0.15) is 13.2 Å². The van der Waals surface area contributed by atoms with Gasteiger partial charge in [0.05, 0.1) is 12.1 Å². The van der Waals surface area contributed by atoms with Gasteiger partial charge in [-0.3, -0.25) is 0 Å². The van der Waals surface area contributed by atoms with Crippen LogP contribution in [0.5, 0.6) is 5.75 Å². The predicted octanol–water partition coefficient (Wildman–Crippen LogP) is 4.72. The number of furan rings is 1. The van der Waals surface area contributed by atoms with Crippen molar-refractivity contribution in [2.24, 2.45) is 0 Å². The summed E-state index contributed by atoms with van der Waals surface area (Å²) in [5, 5.41) is 10.6. The van der Waals surface area contributed by atoms with Gasteiger partial charge in [0.2, 0.25) is 0 Å². The summed E-state index contributed by atoms with van der Waals surface area (Å²) in [7, 11) is 0. The second-order valence-electron chi connectivity index (χ2n) is 7.52. The van der Waals surface area contributed by atoms with Crippen molar-refractivity contribution in [3.05, 3.63) is 54.0 Å². The number of rotatable bonds is 5. The Morgan fingerprint density at radius 3 is 2.71 bits per heavy atom. The minimum atomic E-state index is -4.47. The molecule has 4 nitrogen and oxygen atoms in total. The van der Waals surface area contributed by atoms with E-state index in [2.05, 4.69) is 0 Å². The summed E-state index contributed by atoms with van der Waals surface area (Å²) in [6.45, 7) is 1.35. The molecule has 1 fully saturated rings. The first-order valence-electron chi connectivity index (χ1n) is 9.29. The molecule has 0 spiro atoms. The van der Waals surface area contributed by atoms with E-state index in [1.165, 1.54) is 17.2 Å². The Labute approximate surface area is 160 Å². The molecule has 0 bridgehead atoms. The number of halogens is 3. The third-order valence-electron chi connectivity index (χ3n) is 5.64. The zero-order valence-corrected chi connectivity index (χ0v) is 15.5. The van der Waals surface area contributed by atoms with E-state index in [0.29, 0.717) is 24.2 Å². The van der Waals surface area contributed by atoms with Gasteiger partial charge in [-0.05, 0) is 62.1 Å². The second-order valence-corrected chi connectivity index (χ2v) is 7.52. The van der Waals surface area contributed by atoms with Gasteiger partial charge in [-0.1, -0.05) is 6.08 Å². The first kappa shape index (κ1) is 18.9. The third-order valence-corrected chi connectivity index (χ3v) is 5.64. The van der Waals surface area contributed by atoms with Crippen LogP contribution in [-0.2, 0) is 0 Å². The van der Waals surface area contributed by atoms with Gasteiger partial charge in [0.15, 0.2) is 6.04 Å². The molecule has 150 valence electrons. The lowest BCUT2D eigenvalue weighted by Crippen LogP contribution is -2.62. The van der Waals surface area contributed by atoms with E-state index in [9.17, 15) is 18.3 Å². The molecule has 1 aliphatic heterocycles. The number of aliphatic hydroxyl groups is 1. The molecule has 0 radical (unpaired) electrons. The number of fused-ring (bicyclic) bond motifs is 1. The van der Waals surface area contributed by atoms with E-state index in [1.807, 2.05) is 13.0 Å². The quantitative estimate of drug-likeness (QED) is 0.798. The van der Waals surface area contributed by atoms with Crippen molar-refractivity contribution in [2.75, 3.05) is 13.2 Å². The minimum Gasteiger partial charge on any atom is -0.489 e. The first-order chi connectivity index (χ1) is 13.3. The zero-order chi connectivity index (χ0) is 19.9. The van der Waals surface area contributed by atoms with Crippen LogP contribution < -0.4 is 4.74 Å². The standard InChI is InChI=1S/C21H22F3NO3/c1-14-10-16-11-17(5-6-18(16)28-14)27-12-15-4-2-9-25(19(15)21(22,23)24)20(13-26)7-3-8-20/h2,4-6,9-11,19,26H,3,7-8,12-13H2,1H3. The number of allylic oxidation sites excluding steroid dienone is 2. The van der Waals surface area contributed by atoms with Crippen molar-refractivity contribution in [3.8, 4) is 5.75 Å². The van der Waals surface area contributed by atoms with Crippen LogP contribution in [0.3, 0.4) is 0 Å². The molecule has 2 aliphatic rings. The zero-order valence-electron chi connectivity index (χ0n) is 15.5.